The number of rotatable bonds is 5. The highest BCUT2D eigenvalue weighted by atomic mass is 32.2. The number of fused-ring (bicyclic) bond motifs is 1. The van der Waals surface area contributed by atoms with E-state index < -0.39 is 93.0 Å². The van der Waals surface area contributed by atoms with E-state index in [4.69, 9.17) is 4.52 Å². The number of aliphatic hydroxyl groups is 1. The van der Waals surface area contributed by atoms with Crippen molar-refractivity contribution in [2.45, 2.75) is 18.0 Å². The van der Waals surface area contributed by atoms with Gasteiger partial charge in [0.25, 0.3) is 5.92 Å². The third-order valence-electron chi connectivity index (χ3n) is 5.50. The van der Waals surface area contributed by atoms with E-state index in [0.717, 1.165) is 6.07 Å². The molecule has 0 radical (unpaired) electrons. The van der Waals surface area contributed by atoms with Crippen molar-refractivity contribution >= 4 is 32.8 Å². The fourth-order valence-corrected chi connectivity index (χ4v) is 4.75. The Morgan fingerprint density at radius 1 is 1.17 bits per heavy atom. The molecule has 9 nitrogen and oxygen atoms in total. The molecule has 2 heterocycles. The van der Waals surface area contributed by atoms with E-state index in [1.165, 1.54) is 0 Å². The number of carbonyl (C=O) groups is 1. The van der Waals surface area contributed by atoms with Gasteiger partial charge in [-0.1, -0.05) is 5.16 Å². The second-order valence-electron chi connectivity index (χ2n) is 8.00. The van der Waals surface area contributed by atoms with Crippen molar-refractivity contribution in [3.05, 3.63) is 47.5 Å². The molecule has 3 N–H and O–H groups in total. The van der Waals surface area contributed by atoms with Gasteiger partial charge in [0.05, 0.1) is 23.8 Å². The summed E-state index contributed by atoms with van der Waals surface area (Å²) in [6.45, 7) is -2.11. The van der Waals surface area contributed by atoms with Crippen molar-refractivity contribution in [2.75, 3.05) is 24.7 Å². The number of anilines is 1. The zero-order chi connectivity index (χ0) is 26.6. The molecule has 16 heteroatoms. The minimum atomic E-state index is -4.12. The van der Waals surface area contributed by atoms with Gasteiger partial charge in [0.1, 0.15) is 35.4 Å². The lowest BCUT2D eigenvalue weighted by Gasteiger charge is -2.26. The Labute approximate surface area is 198 Å². The molecule has 0 bridgehead atoms. The van der Waals surface area contributed by atoms with E-state index in [9.17, 15) is 44.7 Å². The van der Waals surface area contributed by atoms with Crippen LogP contribution in [0.5, 0.6) is 0 Å². The van der Waals surface area contributed by atoms with Crippen LogP contribution in [0, 0.1) is 23.3 Å². The van der Waals surface area contributed by atoms with E-state index in [1.807, 2.05) is 0 Å². The van der Waals surface area contributed by atoms with E-state index in [0.29, 0.717) is 29.4 Å². The van der Waals surface area contributed by atoms with Gasteiger partial charge < -0.3 is 14.5 Å². The van der Waals surface area contributed by atoms with E-state index >= 15 is 0 Å². The van der Waals surface area contributed by atoms with Gasteiger partial charge in [0.2, 0.25) is 10.0 Å². The minimum absolute atomic E-state index is 0.341. The van der Waals surface area contributed by atoms with Crippen LogP contribution >= 0.6 is 0 Å². The molecule has 0 spiro atoms. The Bertz CT molecular complexity index is 1440. The first-order chi connectivity index (χ1) is 16.7. The van der Waals surface area contributed by atoms with Crippen molar-refractivity contribution in [1.82, 2.24) is 14.8 Å². The van der Waals surface area contributed by atoms with Gasteiger partial charge in [0.15, 0.2) is 11.4 Å². The number of sulfonamides is 1. The molecule has 1 aliphatic rings. The summed E-state index contributed by atoms with van der Waals surface area (Å²) < 4.78 is 115. The molecule has 0 unspecified atom stereocenters. The predicted octanol–water partition coefficient (Wildman–Crippen LogP) is 2.81. The molecular weight excluding hydrogens is 522 g/mol. The normalized spacial score (nSPS) is 19.7. The Balaban J connectivity index is 1.74. The van der Waals surface area contributed by atoms with E-state index in [1.54, 1.807) is 4.72 Å². The fraction of sp³-hybridized carbons (Fsp3) is 0.300. The number of aliphatic hydroxyl groups excluding tert-OH is 1. The van der Waals surface area contributed by atoms with Crippen molar-refractivity contribution in [3.8, 4) is 11.1 Å². The lowest BCUT2D eigenvalue weighted by atomic mass is 10.00. The van der Waals surface area contributed by atoms with Crippen LogP contribution in [0.25, 0.3) is 22.1 Å². The number of alkyl halides is 2. The molecule has 36 heavy (non-hydrogen) atoms. The average molecular weight is 538 g/mol. The van der Waals surface area contributed by atoms with Crippen LogP contribution in [0.15, 0.2) is 28.8 Å². The number of hydrogen-bond donors (Lipinski definition) is 3. The summed E-state index contributed by atoms with van der Waals surface area (Å²) in [6, 6.07) is -3.41. The molecule has 1 aliphatic heterocycles. The molecular formula is C20H16F6N4O5S. The maximum absolute atomic E-state index is 14.7. The Hall–Kier alpha value is -3.37. The van der Waals surface area contributed by atoms with Gasteiger partial charge in [-0.15, -0.1) is 0 Å². The SMILES string of the molecule is CS(=O)(=O)N[C@@H]1CN(C(=O)Nc2noc3cc(F)cc(-c4c(F)cc(F)cc4F)c23)[C@H](CO)C1(F)F. The maximum atomic E-state index is 14.7. The summed E-state index contributed by atoms with van der Waals surface area (Å²) >= 11 is 0. The first kappa shape index (κ1) is 25.7. The molecule has 4 rings (SSSR count). The van der Waals surface area contributed by atoms with E-state index in [2.05, 4.69) is 10.5 Å². The second kappa shape index (κ2) is 8.94. The van der Waals surface area contributed by atoms with Crippen LogP contribution in [-0.4, -0.2) is 67.0 Å². The van der Waals surface area contributed by atoms with Crippen molar-refractivity contribution in [2.24, 2.45) is 0 Å². The zero-order valence-electron chi connectivity index (χ0n) is 18.0. The summed E-state index contributed by atoms with van der Waals surface area (Å²) in [6.07, 6.45) is 0.635. The predicted molar refractivity (Wildman–Crippen MR) is 113 cm³/mol. The Morgan fingerprint density at radius 2 is 1.78 bits per heavy atom. The average Bonchev–Trinajstić information content (AvgIpc) is 3.23. The smallest absolute Gasteiger partial charge is 0.323 e. The summed E-state index contributed by atoms with van der Waals surface area (Å²) in [7, 11) is -4.12. The molecule has 2 amide bonds. The molecule has 0 aliphatic carbocycles. The van der Waals surface area contributed by atoms with Crippen molar-refractivity contribution < 1.29 is 49.2 Å². The number of carbonyl (C=O) groups excluding carboxylic acids is 1. The van der Waals surface area contributed by atoms with Gasteiger partial charge in [-0.25, -0.2) is 44.3 Å². The fourth-order valence-electron chi connectivity index (χ4n) is 4.00. The molecule has 0 saturated carbocycles. The van der Waals surface area contributed by atoms with Gasteiger partial charge in [0, 0.05) is 30.3 Å². The summed E-state index contributed by atoms with van der Waals surface area (Å²) in [5, 5.41) is 14.7. The molecule has 2 atom stereocenters. The molecule has 2 aromatic carbocycles. The van der Waals surface area contributed by atoms with Crippen LogP contribution in [0.4, 0.5) is 37.0 Å². The first-order valence-electron chi connectivity index (χ1n) is 10.0. The Kier molecular flexibility index (Phi) is 6.38. The molecule has 1 aromatic heterocycles. The number of hydrogen-bond acceptors (Lipinski definition) is 6. The lowest BCUT2D eigenvalue weighted by molar-refractivity contribution is -0.0557. The lowest BCUT2D eigenvalue weighted by Crippen LogP contribution is -2.51. The maximum Gasteiger partial charge on any atom is 0.323 e. The van der Waals surface area contributed by atoms with Crippen LogP contribution in [0.2, 0.25) is 0 Å². The zero-order valence-corrected chi connectivity index (χ0v) is 18.8. The first-order valence-corrected chi connectivity index (χ1v) is 11.9. The number of likely N-dealkylation sites (tertiary alicyclic amines) is 1. The van der Waals surface area contributed by atoms with Crippen molar-refractivity contribution in [3.63, 3.8) is 0 Å². The Morgan fingerprint density at radius 3 is 2.36 bits per heavy atom. The summed E-state index contributed by atoms with van der Waals surface area (Å²) in [5.74, 6) is -9.53. The monoisotopic (exact) mass is 538 g/mol. The van der Waals surface area contributed by atoms with E-state index in [-0.39, 0.29) is 5.39 Å². The quantitative estimate of drug-likeness (QED) is 0.430. The van der Waals surface area contributed by atoms with Crippen LogP contribution < -0.4 is 10.0 Å². The number of aromatic nitrogens is 1. The number of nitrogens with zero attached hydrogens (tertiary/aromatic N) is 2. The second-order valence-corrected chi connectivity index (χ2v) is 9.78. The minimum Gasteiger partial charge on any atom is -0.394 e. The highest BCUT2D eigenvalue weighted by molar-refractivity contribution is 7.88. The third kappa shape index (κ3) is 4.58. The van der Waals surface area contributed by atoms with Gasteiger partial charge in [-0.3, -0.25) is 5.32 Å². The molecule has 1 saturated heterocycles. The van der Waals surface area contributed by atoms with Gasteiger partial charge in [-0.05, 0) is 6.07 Å². The molecule has 3 aromatic rings. The number of nitrogens with one attached hydrogen (secondary N) is 2. The summed E-state index contributed by atoms with van der Waals surface area (Å²) in [4.78, 5) is 13.3. The standard InChI is InChI=1S/C20H16F6N4O5S/c1-36(33,34)29-14-6-30(15(7-31)20(14,25)26)19(32)27-18-17-10(2-8(21)5-13(17)35-28-18)16-11(23)3-9(22)4-12(16)24/h2-5,14-15,29,31H,6-7H2,1H3,(H,27,28,32)/t14-,15-/m1/s1. The van der Waals surface area contributed by atoms with Crippen molar-refractivity contribution in [1.29, 1.82) is 0 Å². The van der Waals surface area contributed by atoms with Crippen LogP contribution in [0.3, 0.4) is 0 Å². The number of amides is 2. The largest absolute Gasteiger partial charge is 0.394 e. The highest BCUT2D eigenvalue weighted by Gasteiger charge is 2.58. The number of halogens is 6. The molecule has 1 fully saturated rings. The number of benzene rings is 2. The number of urea groups is 1. The van der Waals surface area contributed by atoms with Gasteiger partial charge in [-0.2, -0.15) is 0 Å². The summed E-state index contributed by atoms with van der Waals surface area (Å²) in [5.41, 5.74) is -1.80. The van der Waals surface area contributed by atoms with Crippen LogP contribution in [-0.2, 0) is 10.0 Å². The molecule has 194 valence electrons. The van der Waals surface area contributed by atoms with Crippen LogP contribution in [0.1, 0.15) is 0 Å². The third-order valence-corrected chi connectivity index (χ3v) is 6.21. The highest BCUT2D eigenvalue weighted by Crippen LogP contribution is 2.39. The van der Waals surface area contributed by atoms with Gasteiger partial charge >= 0.3 is 6.03 Å². The topological polar surface area (TPSA) is 125 Å².